The summed E-state index contributed by atoms with van der Waals surface area (Å²) in [5.41, 5.74) is 0.0498. The summed E-state index contributed by atoms with van der Waals surface area (Å²) in [7, 11) is 3.58. The molecule has 1 unspecified atom stereocenters. The molecule has 0 amide bonds. The van der Waals surface area contributed by atoms with Gasteiger partial charge in [0.25, 0.3) is 0 Å². The van der Waals surface area contributed by atoms with Gasteiger partial charge in [-0.3, -0.25) is 4.99 Å². The molecule has 0 aliphatic heterocycles. The number of guanidine groups is 1. The number of nitrogens with one attached hydrogen (secondary N) is 2. The molecule has 5 nitrogen and oxygen atoms in total. The molecule has 2 N–H and O–H groups in total. The van der Waals surface area contributed by atoms with Gasteiger partial charge in [-0.15, -0.1) is 24.0 Å². The molecule has 0 bridgehead atoms. The summed E-state index contributed by atoms with van der Waals surface area (Å²) in [5, 5.41) is 6.41. The van der Waals surface area contributed by atoms with Crippen LogP contribution >= 0.6 is 24.0 Å². The van der Waals surface area contributed by atoms with Crippen LogP contribution in [0, 0.1) is 11.6 Å². The normalized spacial score (nSPS) is 12.6. The average Bonchev–Trinajstić information content (AvgIpc) is 2.59. The van der Waals surface area contributed by atoms with Crippen molar-refractivity contribution in [2.45, 2.75) is 32.7 Å². The lowest BCUT2D eigenvalue weighted by molar-refractivity contribution is 0.143. The van der Waals surface area contributed by atoms with Crippen molar-refractivity contribution in [3.8, 4) is 0 Å². The van der Waals surface area contributed by atoms with Gasteiger partial charge in [0, 0.05) is 31.9 Å². The molecule has 27 heavy (non-hydrogen) atoms. The predicted octanol–water partition coefficient (Wildman–Crippen LogP) is 3.56. The Morgan fingerprint density at radius 1 is 1.15 bits per heavy atom. The molecule has 1 atom stereocenters. The molecule has 0 saturated heterocycles. The maximum atomic E-state index is 14.1. The number of ether oxygens (including phenoxy) is 1. The summed E-state index contributed by atoms with van der Waals surface area (Å²) in [6, 6.07) is 3.45. The van der Waals surface area contributed by atoms with Gasteiger partial charge in [-0.2, -0.15) is 0 Å². The van der Waals surface area contributed by atoms with Crippen LogP contribution in [0.2, 0.25) is 0 Å². The van der Waals surface area contributed by atoms with E-state index in [-0.39, 0.29) is 36.1 Å². The zero-order valence-electron chi connectivity index (χ0n) is 16.7. The Balaban J connectivity index is 0.00000676. The minimum Gasteiger partial charge on any atom is -0.382 e. The predicted molar refractivity (Wildman–Crippen MR) is 118 cm³/mol. The fourth-order valence-electron chi connectivity index (χ4n) is 2.54. The molecule has 1 aromatic carbocycles. The van der Waals surface area contributed by atoms with Crippen molar-refractivity contribution < 1.29 is 13.5 Å². The van der Waals surface area contributed by atoms with E-state index in [0.717, 1.165) is 32.6 Å². The molecule has 0 radical (unpaired) electrons. The van der Waals surface area contributed by atoms with Crippen LogP contribution in [-0.2, 0) is 4.74 Å². The van der Waals surface area contributed by atoms with E-state index in [4.69, 9.17) is 4.74 Å². The summed E-state index contributed by atoms with van der Waals surface area (Å²) < 4.78 is 33.6. The molecule has 0 aliphatic rings. The lowest BCUT2D eigenvalue weighted by Crippen LogP contribution is -2.38. The SMILES string of the molecule is CCNC(=NCC(c1c(F)cccc1F)N(C)C)NCCCCOCC.I. The van der Waals surface area contributed by atoms with Crippen LogP contribution in [0.5, 0.6) is 0 Å². The zero-order chi connectivity index (χ0) is 19.4. The first-order valence-corrected chi connectivity index (χ1v) is 9.21. The van der Waals surface area contributed by atoms with Crippen LogP contribution < -0.4 is 10.6 Å². The van der Waals surface area contributed by atoms with Gasteiger partial charge in [0.15, 0.2) is 5.96 Å². The van der Waals surface area contributed by atoms with Crippen LogP contribution in [0.4, 0.5) is 8.78 Å². The third kappa shape index (κ3) is 9.66. The van der Waals surface area contributed by atoms with Crippen LogP contribution in [0.1, 0.15) is 38.3 Å². The molecule has 156 valence electrons. The van der Waals surface area contributed by atoms with Crippen molar-refractivity contribution in [2.75, 3.05) is 46.9 Å². The van der Waals surface area contributed by atoms with Gasteiger partial charge in [-0.25, -0.2) is 8.78 Å². The van der Waals surface area contributed by atoms with Crippen molar-refractivity contribution in [2.24, 2.45) is 4.99 Å². The minimum atomic E-state index is -0.548. The van der Waals surface area contributed by atoms with Crippen LogP contribution in [0.3, 0.4) is 0 Å². The molecule has 0 aliphatic carbocycles. The van der Waals surface area contributed by atoms with E-state index in [1.165, 1.54) is 18.2 Å². The average molecular weight is 498 g/mol. The second kappa shape index (κ2) is 15.0. The van der Waals surface area contributed by atoms with Crippen LogP contribution in [0.25, 0.3) is 0 Å². The number of halogens is 3. The van der Waals surface area contributed by atoms with Gasteiger partial charge < -0.3 is 20.3 Å². The fraction of sp³-hybridized carbons (Fsp3) is 0.632. The van der Waals surface area contributed by atoms with E-state index in [1.807, 2.05) is 13.8 Å². The van der Waals surface area contributed by atoms with E-state index in [2.05, 4.69) is 15.6 Å². The summed E-state index contributed by atoms with van der Waals surface area (Å²) in [6.45, 7) is 7.17. The molecule has 0 saturated carbocycles. The number of nitrogens with zero attached hydrogens (tertiary/aromatic N) is 2. The van der Waals surface area contributed by atoms with E-state index in [1.54, 1.807) is 19.0 Å². The highest BCUT2D eigenvalue weighted by Crippen LogP contribution is 2.24. The van der Waals surface area contributed by atoms with E-state index >= 15 is 0 Å². The molecule has 1 rings (SSSR count). The zero-order valence-corrected chi connectivity index (χ0v) is 19.1. The number of benzene rings is 1. The Labute approximate surface area is 179 Å². The number of hydrogen-bond acceptors (Lipinski definition) is 3. The molecule has 0 aromatic heterocycles. The Kier molecular flexibility index (Phi) is 14.4. The second-order valence-corrected chi connectivity index (χ2v) is 6.17. The number of hydrogen-bond donors (Lipinski definition) is 2. The highest BCUT2D eigenvalue weighted by atomic mass is 127. The van der Waals surface area contributed by atoms with E-state index in [9.17, 15) is 8.78 Å². The first kappa shape index (κ1) is 26.0. The molecular weight excluding hydrogens is 465 g/mol. The van der Waals surface area contributed by atoms with Crippen LogP contribution in [-0.4, -0.2) is 57.8 Å². The third-order valence-corrected chi connectivity index (χ3v) is 3.93. The lowest BCUT2D eigenvalue weighted by atomic mass is 10.0. The summed E-state index contributed by atoms with van der Waals surface area (Å²) in [6.07, 6.45) is 1.93. The van der Waals surface area contributed by atoms with Crippen molar-refractivity contribution in [1.29, 1.82) is 0 Å². The van der Waals surface area contributed by atoms with Crippen molar-refractivity contribution in [3.05, 3.63) is 35.4 Å². The topological polar surface area (TPSA) is 48.9 Å². The number of aliphatic imine (C=N–C) groups is 1. The summed E-state index contributed by atoms with van der Waals surface area (Å²) in [5.74, 6) is -0.451. The summed E-state index contributed by atoms with van der Waals surface area (Å²) >= 11 is 0. The number of likely N-dealkylation sites (N-methyl/N-ethyl adjacent to an activating group) is 1. The van der Waals surface area contributed by atoms with Gasteiger partial charge in [0.1, 0.15) is 11.6 Å². The quantitative estimate of drug-likeness (QED) is 0.212. The Bertz CT molecular complexity index is 538. The third-order valence-electron chi connectivity index (χ3n) is 3.93. The molecule has 1 aromatic rings. The number of unbranched alkanes of at least 4 members (excludes halogenated alkanes) is 1. The highest BCUT2D eigenvalue weighted by Gasteiger charge is 2.22. The first-order chi connectivity index (χ1) is 12.5. The smallest absolute Gasteiger partial charge is 0.191 e. The van der Waals surface area contributed by atoms with Crippen molar-refractivity contribution in [1.82, 2.24) is 15.5 Å². The minimum absolute atomic E-state index is 0. The molecule has 0 fully saturated rings. The van der Waals surface area contributed by atoms with Crippen molar-refractivity contribution >= 4 is 29.9 Å². The van der Waals surface area contributed by atoms with Crippen molar-refractivity contribution in [3.63, 3.8) is 0 Å². The van der Waals surface area contributed by atoms with Gasteiger partial charge in [-0.05, 0) is 52.9 Å². The molecule has 0 spiro atoms. The summed E-state index contributed by atoms with van der Waals surface area (Å²) in [4.78, 5) is 6.29. The number of rotatable bonds is 11. The highest BCUT2D eigenvalue weighted by molar-refractivity contribution is 14.0. The first-order valence-electron chi connectivity index (χ1n) is 9.21. The molecular formula is C19H33F2IN4O. The van der Waals surface area contributed by atoms with Gasteiger partial charge in [0.05, 0.1) is 12.6 Å². The lowest BCUT2D eigenvalue weighted by Gasteiger charge is -2.24. The molecule has 0 heterocycles. The fourth-order valence-corrected chi connectivity index (χ4v) is 2.54. The van der Waals surface area contributed by atoms with Gasteiger partial charge >= 0.3 is 0 Å². The monoisotopic (exact) mass is 498 g/mol. The van der Waals surface area contributed by atoms with E-state index < -0.39 is 17.7 Å². The van der Waals surface area contributed by atoms with E-state index in [0.29, 0.717) is 12.5 Å². The van der Waals surface area contributed by atoms with Gasteiger partial charge in [0.2, 0.25) is 0 Å². The van der Waals surface area contributed by atoms with Gasteiger partial charge in [-0.1, -0.05) is 6.07 Å². The van der Waals surface area contributed by atoms with Crippen LogP contribution in [0.15, 0.2) is 23.2 Å². The largest absolute Gasteiger partial charge is 0.382 e. The maximum absolute atomic E-state index is 14.1. The Morgan fingerprint density at radius 3 is 2.37 bits per heavy atom. The Hall–Kier alpha value is -1.00. The Morgan fingerprint density at radius 2 is 1.81 bits per heavy atom. The second-order valence-electron chi connectivity index (χ2n) is 6.17. The standard InChI is InChI=1S/C19H32F2N4O.HI/c1-5-22-19(23-12-7-8-13-26-6-2)24-14-17(25(3)4)18-15(20)10-9-11-16(18)21;/h9-11,17H,5-8,12-14H2,1-4H3,(H2,22,23,24);1H. The molecule has 8 heteroatoms. The maximum Gasteiger partial charge on any atom is 0.191 e.